The van der Waals surface area contributed by atoms with Crippen LogP contribution in [0.1, 0.15) is 0 Å². The van der Waals surface area contributed by atoms with Crippen LogP contribution < -0.4 is 19.2 Å². The fraction of sp³-hybridized carbons (Fsp3) is 0. The van der Waals surface area contributed by atoms with Crippen molar-refractivity contribution in [3.05, 3.63) is 146 Å². The minimum Gasteiger partial charge on any atom is -0.531 e. The van der Waals surface area contributed by atoms with E-state index in [0.717, 1.165) is 32.6 Å². The summed E-state index contributed by atoms with van der Waals surface area (Å²) < 4.78 is 13.1. The van der Waals surface area contributed by atoms with Gasteiger partial charge in [0.05, 0.1) is 0 Å². The Labute approximate surface area is 204 Å². The standard InChI is InChI=1S/C30H28O2Si2/c1-5-33(6-2,29-15-11-9-12-16-29)31-27-21-19-26-24-28(22-20-25(26)23-27)32-34(7-3,8-4)30-17-13-10-14-18-30/h5-24H,1-4H2. The third-order valence-corrected chi connectivity index (χ3v) is 12.1. The maximum atomic E-state index is 6.55. The Morgan fingerprint density at radius 3 is 1.15 bits per heavy atom. The van der Waals surface area contributed by atoms with Gasteiger partial charge in [0.1, 0.15) is 11.5 Å². The summed E-state index contributed by atoms with van der Waals surface area (Å²) in [4.78, 5) is 0. The number of benzene rings is 4. The second-order valence-electron chi connectivity index (χ2n) is 8.01. The van der Waals surface area contributed by atoms with Crippen LogP contribution in [0, 0.1) is 0 Å². The molecule has 0 N–H and O–H groups in total. The summed E-state index contributed by atoms with van der Waals surface area (Å²) in [6.07, 6.45) is 0. The van der Waals surface area contributed by atoms with E-state index in [9.17, 15) is 0 Å². The van der Waals surface area contributed by atoms with Gasteiger partial charge in [0.15, 0.2) is 0 Å². The summed E-state index contributed by atoms with van der Waals surface area (Å²) in [7, 11) is -5.10. The van der Waals surface area contributed by atoms with Crippen LogP contribution in [0.2, 0.25) is 0 Å². The summed E-state index contributed by atoms with van der Waals surface area (Å²) >= 11 is 0. The number of hydrogen-bond donors (Lipinski definition) is 0. The van der Waals surface area contributed by atoms with E-state index in [2.05, 4.69) is 74.8 Å². The van der Waals surface area contributed by atoms with Crippen molar-refractivity contribution in [2.45, 2.75) is 0 Å². The molecule has 4 aromatic carbocycles. The second kappa shape index (κ2) is 9.95. The Morgan fingerprint density at radius 1 is 0.471 bits per heavy atom. The van der Waals surface area contributed by atoms with E-state index in [4.69, 9.17) is 8.85 Å². The lowest BCUT2D eigenvalue weighted by molar-refractivity contribution is 0.574. The summed E-state index contributed by atoms with van der Waals surface area (Å²) in [5, 5.41) is 4.36. The molecule has 0 fully saturated rings. The van der Waals surface area contributed by atoms with Gasteiger partial charge in [-0.1, -0.05) is 95.6 Å². The third-order valence-electron chi connectivity index (χ3n) is 6.02. The second-order valence-corrected chi connectivity index (χ2v) is 14.4. The van der Waals surface area contributed by atoms with Gasteiger partial charge in [0.2, 0.25) is 0 Å². The van der Waals surface area contributed by atoms with Crippen molar-refractivity contribution in [3.63, 3.8) is 0 Å². The molecule has 2 nitrogen and oxygen atoms in total. The smallest absolute Gasteiger partial charge is 0.331 e. The number of hydrogen-bond acceptors (Lipinski definition) is 2. The van der Waals surface area contributed by atoms with E-state index >= 15 is 0 Å². The van der Waals surface area contributed by atoms with Gasteiger partial charge in [-0.2, -0.15) is 0 Å². The molecule has 0 radical (unpaired) electrons. The van der Waals surface area contributed by atoms with Crippen molar-refractivity contribution in [2.75, 3.05) is 0 Å². The van der Waals surface area contributed by atoms with E-state index in [1.54, 1.807) is 0 Å². The maximum absolute atomic E-state index is 6.55. The lowest BCUT2D eigenvalue weighted by atomic mass is 10.1. The molecule has 0 spiro atoms. The Kier molecular flexibility index (Phi) is 6.82. The highest BCUT2D eigenvalue weighted by Gasteiger charge is 2.34. The van der Waals surface area contributed by atoms with Gasteiger partial charge < -0.3 is 8.85 Å². The molecule has 0 aliphatic rings. The van der Waals surface area contributed by atoms with E-state index in [0.29, 0.717) is 0 Å². The minimum absolute atomic E-state index is 0.793. The van der Waals surface area contributed by atoms with Crippen molar-refractivity contribution < 1.29 is 8.85 Å². The molecule has 0 atom stereocenters. The normalized spacial score (nSPS) is 11.4. The molecule has 4 aromatic rings. The first kappa shape index (κ1) is 23.3. The zero-order valence-electron chi connectivity index (χ0n) is 19.2. The Hall–Kier alpha value is -3.87. The van der Waals surface area contributed by atoms with Crippen molar-refractivity contribution in [1.29, 1.82) is 0 Å². The zero-order valence-corrected chi connectivity index (χ0v) is 21.2. The van der Waals surface area contributed by atoms with Crippen LogP contribution in [0.15, 0.2) is 146 Å². The van der Waals surface area contributed by atoms with E-state index < -0.39 is 16.6 Å². The van der Waals surface area contributed by atoms with Crippen molar-refractivity contribution in [3.8, 4) is 11.5 Å². The minimum atomic E-state index is -2.55. The molecule has 34 heavy (non-hydrogen) atoms. The number of rotatable bonds is 10. The molecule has 0 heterocycles. The van der Waals surface area contributed by atoms with Crippen LogP contribution >= 0.6 is 0 Å². The summed E-state index contributed by atoms with van der Waals surface area (Å²) in [6.45, 7) is 16.2. The fourth-order valence-electron chi connectivity index (χ4n) is 4.04. The third kappa shape index (κ3) is 4.46. The molecule has 0 aliphatic heterocycles. The van der Waals surface area contributed by atoms with Crippen LogP contribution in [-0.4, -0.2) is 16.6 Å². The first-order valence-corrected chi connectivity index (χ1v) is 15.3. The topological polar surface area (TPSA) is 18.5 Å². The summed E-state index contributed by atoms with van der Waals surface area (Å²) in [5.41, 5.74) is 7.65. The van der Waals surface area contributed by atoms with Crippen LogP contribution in [-0.2, 0) is 0 Å². The van der Waals surface area contributed by atoms with Gasteiger partial charge in [-0.25, -0.2) is 0 Å². The van der Waals surface area contributed by atoms with Crippen LogP contribution in [0.5, 0.6) is 11.5 Å². The number of fused-ring (bicyclic) bond motifs is 1. The van der Waals surface area contributed by atoms with Gasteiger partial charge in [-0.05, 0) is 45.4 Å². The molecule has 168 valence electrons. The SMILES string of the molecule is C=C[Si](C=C)(Oc1ccc2cc(O[Si](C=C)(C=C)c3ccccc3)ccc2c1)c1ccccc1. The largest absolute Gasteiger partial charge is 0.531 e. The molecule has 0 unspecified atom stereocenters. The van der Waals surface area contributed by atoms with Gasteiger partial charge in [-0.3, -0.25) is 0 Å². The molecular formula is C30H28O2Si2. The first-order valence-electron chi connectivity index (χ1n) is 11.2. The van der Waals surface area contributed by atoms with Crippen molar-refractivity contribution >= 4 is 37.8 Å². The van der Waals surface area contributed by atoms with Gasteiger partial charge in [0, 0.05) is 0 Å². The highest BCUT2D eigenvalue weighted by molar-refractivity contribution is 6.95. The van der Waals surface area contributed by atoms with Crippen LogP contribution in [0.4, 0.5) is 0 Å². The Balaban J connectivity index is 1.65. The van der Waals surface area contributed by atoms with Crippen LogP contribution in [0.3, 0.4) is 0 Å². The predicted octanol–water partition coefficient (Wildman–Crippen LogP) is 6.20. The van der Waals surface area contributed by atoms with Gasteiger partial charge in [0.25, 0.3) is 0 Å². The highest BCUT2D eigenvalue weighted by Crippen LogP contribution is 2.28. The predicted molar refractivity (Wildman–Crippen MR) is 150 cm³/mol. The van der Waals surface area contributed by atoms with Crippen LogP contribution in [0.25, 0.3) is 10.8 Å². The van der Waals surface area contributed by atoms with E-state index in [-0.39, 0.29) is 0 Å². The average Bonchev–Trinajstić information content (AvgIpc) is 2.91. The van der Waals surface area contributed by atoms with Crippen molar-refractivity contribution in [1.82, 2.24) is 0 Å². The summed E-state index contributed by atoms with van der Waals surface area (Å²) in [6, 6.07) is 32.6. The lowest BCUT2D eigenvalue weighted by Gasteiger charge is -2.27. The molecule has 0 aliphatic carbocycles. The fourth-order valence-corrected chi connectivity index (χ4v) is 8.34. The summed E-state index contributed by atoms with van der Waals surface area (Å²) in [5.74, 6) is 1.59. The molecule has 0 aromatic heterocycles. The van der Waals surface area contributed by atoms with Gasteiger partial charge in [-0.15, -0.1) is 26.3 Å². The molecule has 0 saturated heterocycles. The molecule has 0 amide bonds. The zero-order chi connectivity index (χ0) is 24.0. The Morgan fingerprint density at radius 2 is 0.824 bits per heavy atom. The van der Waals surface area contributed by atoms with Crippen molar-refractivity contribution in [2.24, 2.45) is 0 Å². The molecule has 4 heteroatoms. The monoisotopic (exact) mass is 476 g/mol. The first-order chi connectivity index (χ1) is 16.6. The molecule has 0 bridgehead atoms. The van der Waals surface area contributed by atoms with E-state index in [1.807, 2.05) is 71.3 Å². The quantitative estimate of drug-likeness (QED) is 0.254. The molecule has 0 saturated carbocycles. The van der Waals surface area contributed by atoms with Gasteiger partial charge >= 0.3 is 16.6 Å². The maximum Gasteiger partial charge on any atom is 0.331 e. The highest BCUT2D eigenvalue weighted by atomic mass is 28.4. The molecule has 4 rings (SSSR count). The average molecular weight is 477 g/mol. The molecular weight excluding hydrogens is 449 g/mol. The lowest BCUT2D eigenvalue weighted by Crippen LogP contribution is -2.50. The van der Waals surface area contributed by atoms with E-state index in [1.165, 1.54) is 0 Å². The Bertz CT molecular complexity index is 1210.